The number of rotatable bonds is 3. The molecule has 1 aromatic rings. The molecule has 2 heterocycles. The Kier molecular flexibility index (Phi) is 3.78. The molecule has 0 saturated carbocycles. The van der Waals surface area contributed by atoms with Gasteiger partial charge in [0.2, 0.25) is 0 Å². The number of terminal acetylenes is 1. The highest BCUT2D eigenvalue weighted by atomic mass is 16.6. The fourth-order valence-electron chi connectivity index (χ4n) is 2.08. The van der Waals surface area contributed by atoms with Crippen LogP contribution in [0.25, 0.3) is 0 Å². The molecule has 1 aromatic heterocycles. The number of hydrogen-bond donors (Lipinski definition) is 4. The average molecular weight is 281 g/mol. The molecule has 0 radical (unpaired) electrons. The molecule has 0 spiro atoms. The summed E-state index contributed by atoms with van der Waals surface area (Å²) in [5, 5.41) is 32.1. The molecule has 0 amide bonds. The van der Waals surface area contributed by atoms with E-state index in [2.05, 4.69) is 10.3 Å². The van der Waals surface area contributed by atoms with Gasteiger partial charge in [-0.05, 0) is 6.07 Å². The van der Waals surface area contributed by atoms with Gasteiger partial charge < -0.3 is 25.4 Å². The largest absolute Gasteiger partial charge is 0.394 e. The van der Waals surface area contributed by atoms with Gasteiger partial charge in [-0.2, -0.15) is 4.98 Å². The van der Waals surface area contributed by atoms with Gasteiger partial charge in [-0.3, -0.25) is 4.57 Å². The van der Waals surface area contributed by atoms with Crippen LogP contribution in [0, 0.1) is 12.3 Å². The van der Waals surface area contributed by atoms with Gasteiger partial charge in [0.15, 0.2) is 11.8 Å². The summed E-state index contributed by atoms with van der Waals surface area (Å²) in [5.74, 6) is 2.36. The van der Waals surface area contributed by atoms with E-state index >= 15 is 0 Å². The third-order valence-corrected chi connectivity index (χ3v) is 3.27. The molecule has 0 aliphatic carbocycles. The monoisotopic (exact) mass is 281 g/mol. The van der Waals surface area contributed by atoms with Crippen molar-refractivity contribution in [2.75, 3.05) is 19.0 Å². The minimum absolute atomic E-state index is 0.352. The van der Waals surface area contributed by atoms with Gasteiger partial charge in [0.25, 0.3) is 0 Å². The first kappa shape index (κ1) is 14.5. The first-order valence-electron chi connectivity index (χ1n) is 5.89. The normalized spacial score (nSPS) is 32.9. The van der Waals surface area contributed by atoms with Gasteiger partial charge in [-0.25, -0.2) is 4.79 Å². The topological polar surface area (TPSA) is 117 Å². The van der Waals surface area contributed by atoms with Crippen molar-refractivity contribution in [3.8, 4) is 12.3 Å². The van der Waals surface area contributed by atoms with E-state index in [4.69, 9.17) is 16.3 Å². The van der Waals surface area contributed by atoms with Crippen LogP contribution in [-0.4, -0.2) is 56.3 Å². The second kappa shape index (κ2) is 5.22. The van der Waals surface area contributed by atoms with E-state index in [9.17, 15) is 15.0 Å². The number of aliphatic hydroxyl groups is 3. The van der Waals surface area contributed by atoms with E-state index in [0.717, 1.165) is 4.57 Å². The number of aliphatic hydroxyl groups excluding tert-OH is 2. The van der Waals surface area contributed by atoms with E-state index in [1.807, 2.05) is 5.92 Å². The number of hydrogen-bond acceptors (Lipinski definition) is 7. The lowest BCUT2D eigenvalue weighted by Crippen LogP contribution is -2.48. The van der Waals surface area contributed by atoms with Crippen LogP contribution in [-0.2, 0) is 4.74 Å². The summed E-state index contributed by atoms with van der Waals surface area (Å²) in [5.41, 5.74) is -2.75. The highest BCUT2D eigenvalue weighted by molar-refractivity contribution is 5.30. The van der Waals surface area contributed by atoms with Crippen LogP contribution >= 0.6 is 0 Å². The zero-order chi connectivity index (χ0) is 14.9. The fourth-order valence-corrected chi connectivity index (χ4v) is 2.08. The Hall–Kier alpha value is -1.92. The van der Waals surface area contributed by atoms with Gasteiger partial charge in [0, 0.05) is 13.2 Å². The maximum Gasteiger partial charge on any atom is 0.351 e. The van der Waals surface area contributed by atoms with Gasteiger partial charge >= 0.3 is 5.69 Å². The Balaban J connectivity index is 2.40. The number of aromatic nitrogens is 2. The molecule has 0 unspecified atom stereocenters. The number of nitrogens with one attached hydrogen (secondary N) is 1. The van der Waals surface area contributed by atoms with Crippen LogP contribution in [0.2, 0.25) is 0 Å². The molecular formula is C12H15N3O5. The van der Waals surface area contributed by atoms with Crippen molar-refractivity contribution in [1.82, 2.24) is 9.55 Å². The summed E-state index contributed by atoms with van der Waals surface area (Å²) < 4.78 is 6.28. The smallest absolute Gasteiger partial charge is 0.351 e. The van der Waals surface area contributed by atoms with Crippen LogP contribution in [0.1, 0.15) is 6.23 Å². The molecule has 0 aromatic carbocycles. The van der Waals surface area contributed by atoms with Gasteiger partial charge in [-0.15, -0.1) is 6.42 Å². The lowest BCUT2D eigenvalue weighted by molar-refractivity contribution is -0.0624. The third-order valence-electron chi connectivity index (χ3n) is 3.27. The van der Waals surface area contributed by atoms with Crippen LogP contribution in [0.5, 0.6) is 0 Å². The Morgan fingerprint density at radius 3 is 2.85 bits per heavy atom. The highest BCUT2D eigenvalue weighted by Crippen LogP contribution is 2.35. The molecular weight excluding hydrogens is 266 g/mol. The predicted molar refractivity (Wildman–Crippen MR) is 68.8 cm³/mol. The van der Waals surface area contributed by atoms with Crippen LogP contribution in [0.4, 0.5) is 5.82 Å². The quantitative estimate of drug-likeness (QED) is 0.469. The Labute approximate surface area is 114 Å². The molecule has 4 N–H and O–H groups in total. The van der Waals surface area contributed by atoms with Gasteiger partial charge in [0.1, 0.15) is 18.0 Å². The minimum Gasteiger partial charge on any atom is -0.394 e. The Morgan fingerprint density at radius 1 is 1.70 bits per heavy atom. The van der Waals surface area contributed by atoms with Crippen molar-refractivity contribution in [3.63, 3.8) is 0 Å². The van der Waals surface area contributed by atoms with E-state index in [1.54, 1.807) is 7.05 Å². The fraction of sp³-hybridized carbons (Fsp3) is 0.500. The van der Waals surface area contributed by atoms with Gasteiger partial charge in [0.05, 0.1) is 6.61 Å². The summed E-state index contributed by atoms with van der Waals surface area (Å²) in [6.45, 7) is -0.592. The maximum atomic E-state index is 11.9. The summed E-state index contributed by atoms with van der Waals surface area (Å²) in [4.78, 5) is 15.6. The van der Waals surface area contributed by atoms with E-state index in [1.165, 1.54) is 12.3 Å². The highest BCUT2D eigenvalue weighted by Gasteiger charge is 2.55. The SMILES string of the molecule is C#C[C@@]1(O)[C@@H](CO)O[C@@H](n2ccc(NC)nc2=O)[C@@H]1O. The first-order valence-corrected chi connectivity index (χ1v) is 5.89. The number of anilines is 1. The van der Waals surface area contributed by atoms with Crippen LogP contribution in [0.3, 0.4) is 0 Å². The third kappa shape index (κ3) is 2.07. The van der Waals surface area contributed by atoms with Crippen molar-refractivity contribution < 1.29 is 20.1 Å². The van der Waals surface area contributed by atoms with Crippen molar-refractivity contribution in [2.45, 2.75) is 24.0 Å². The summed E-state index contributed by atoms with van der Waals surface area (Å²) in [7, 11) is 1.60. The summed E-state index contributed by atoms with van der Waals surface area (Å²) >= 11 is 0. The molecule has 8 heteroatoms. The first-order chi connectivity index (χ1) is 9.47. The van der Waals surface area contributed by atoms with Crippen molar-refractivity contribution in [2.24, 2.45) is 0 Å². The zero-order valence-electron chi connectivity index (χ0n) is 10.7. The van der Waals surface area contributed by atoms with Crippen LogP contribution < -0.4 is 11.0 Å². The average Bonchev–Trinajstić information content (AvgIpc) is 2.72. The van der Waals surface area contributed by atoms with E-state index < -0.39 is 36.3 Å². The van der Waals surface area contributed by atoms with E-state index in [-0.39, 0.29) is 0 Å². The van der Waals surface area contributed by atoms with Crippen molar-refractivity contribution in [3.05, 3.63) is 22.7 Å². The molecule has 108 valence electrons. The van der Waals surface area contributed by atoms with Crippen molar-refractivity contribution >= 4 is 5.82 Å². The molecule has 4 atom stereocenters. The maximum absolute atomic E-state index is 11.9. The second-order valence-electron chi connectivity index (χ2n) is 4.37. The molecule has 2 rings (SSSR count). The molecule has 1 fully saturated rings. The number of ether oxygens (including phenoxy) is 1. The van der Waals surface area contributed by atoms with Crippen molar-refractivity contribution in [1.29, 1.82) is 0 Å². The molecule has 1 aliphatic heterocycles. The Bertz CT molecular complexity index is 595. The molecule has 20 heavy (non-hydrogen) atoms. The predicted octanol–water partition coefficient (Wildman–Crippen LogP) is -2.10. The standard InChI is InChI=1S/C12H15N3O5/c1-3-12(19)7(6-16)20-10(9(12)17)15-5-4-8(13-2)14-11(15)18/h1,4-5,7,9-10,16-17,19H,6H2,2H3,(H,13,14,18)/t7-,9+,10-,12-/m1/s1. The molecule has 1 aliphatic rings. The molecule has 8 nitrogen and oxygen atoms in total. The van der Waals surface area contributed by atoms with Gasteiger partial charge in [-0.1, -0.05) is 5.92 Å². The van der Waals surface area contributed by atoms with Crippen LogP contribution in [0.15, 0.2) is 17.1 Å². The lowest BCUT2D eigenvalue weighted by Gasteiger charge is -2.24. The number of nitrogens with zero attached hydrogens (tertiary/aromatic N) is 2. The molecule has 1 saturated heterocycles. The zero-order valence-corrected chi connectivity index (χ0v) is 10.7. The second-order valence-corrected chi connectivity index (χ2v) is 4.37. The lowest BCUT2D eigenvalue weighted by atomic mass is 9.93. The van der Waals surface area contributed by atoms with E-state index in [0.29, 0.717) is 5.82 Å². The molecule has 0 bridgehead atoms. The summed E-state index contributed by atoms with van der Waals surface area (Å²) in [6.07, 6.45) is 2.56. The Morgan fingerprint density at radius 2 is 2.40 bits per heavy atom. The summed E-state index contributed by atoms with van der Waals surface area (Å²) in [6, 6.07) is 1.50. The minimum atomic E-state index is -2.07.